The fourth-order valence-electron chi connectivity index (χ4n) is 3.80. The SMILES string of the molecule is CN=C(NCc1ccc(S(=O)(=O)N2CCCCC2)cc1)N(C)CC1CCOC1. The zero-order valence-corrected chi connectivity index (χ0v) is 17.7. The number of rotatable bonds is 6. The molecule has 0 aromatic heterocycles. The molecule has 1 aromatic rings. The Kier molecular flexibility index (Phi) is 7.31. The van der Waals surface area contributed by atoms with Gasteiger partial charge >= 0.3 is 0 Å². The molecule has 0 radical (unpaired) electrons. The number of nitrogens with zero attached hydrogens (tertiary/aromatic N) is 3. The van der Waals surface area contributed by atoms with Gasteiger partial charge in [0.2, 0.25) is 10.0 Å². The van der Waals surface area contributed by atoms with Crippen molar-refractivity contribution in [2.75, 3.05) is 46.9 Å². The fraction of sp³-hybridized carbons (Fsp3) is 0.650. The average Bonchev–Trinajstić information content (AvgIpc) is 3.22. The van der Waals surface area contributed by atoms with Crippen molar-refractivity contribution >= 4 is 16.0 Å². The van der Waals surface area contributed by atoms with Crippen LogP contribution in [0.3, 0.4) is 0 Å². The Bertz CT molecular complexity index is 752. The number of hydrogen-bond donors (Lipinski definition) is 1. The first-order chi connectivity index (χ1) is 13.5. The predicted octanol–water partition coefficient (Wildman–Crippen LogP) is 1.90. The zero-order chi connectivity index (χ0) is 20.0. The molecule has 0 bridgehead atoms. The lowest BCUT2D eigenvalue weighted by Gasteiger charge is -2.26. The summed E-state index contributed by atoms with van der Waals surface area (Å²) < 4.78 is 32.5. The van der Waals surface area contributed by atoms with E-state index in [1.54, 1.807) is 23.5 Å². The summed E-state index contributed by atoms with van der Waals surface area (Å²) in [6, 6.07) is 7.18. The van der Waals surface area contributed by atoms with Gasteiger partial charge in [-0.3, -0.25) is 4.99 Å². The second-order valence-electron chi connectivity index (χ2n) is 7.62. The quantitative estimate of drug-likeness (QED) is 0.575. The summed E-state index contributed by atoms with van der Waals surface area (Å²) in [5.74, 6) is 1.37. The summed E-state index contributed by atoms with van der Waals surface area (Å²) in [7, 11) is 0.433. The van der Waals surface area contributed by atoms with Crippen molar-refractivity contribution in [1.82, 2.24) is 14.5 Å². The van der Waals surface area contributed by atoms with Crippen LogP contribution < -0.4 is 5.32 Å². The second kappa shape index (κ2) is 9.71. The first-order valence-corrected chi connectivity index (χ1v) is 11.5. The highest BCUT2D eigenvalue weighted by Crippen LogP contribution is 2.21. The highest BCUT2D eigenvalue weighted by Gasteiger charge is 2.25. The van der Waals surface area contributed by atoms with Crippen molar-refractivity contribution in [2.24, 2.45) is 10.9 Å². The second-order valence-corrected chi connectivity index (χ2v) is 9.56. The Labute approximate surface area is 168 Å². The molecule has 28 heavy (non-hydrogen) atoms. The van der Waals surface area contributed by atoms with E-state index in [9.17, 15) is 8.42 Å². The summed E-state index contributed by atoms with van der Waals surface area (Å²) in [6.45, 7) is 4.42. The topological polar surface area (TPSA) is 74.2 Å². The molecule has 2 aliphatic rings. The van der Waals surface area contributed by atoms with E-state index in [1.807, 2.05) is 19.2 Å². The minimum atomic E-state index is -3.37. The standard InChI is InChI=1S/C20H32N4O3S/c1-21-20(23(2)15-18-10-13-27-16-18)22-14-17-6-8-19(9-7-17)28(25,26)24-11-4-3-5-12-24/h6-9,18H,3-5,10-16H2,1-2H3,(H,21,22). The maximum absolute atomic E-state index is 12.7. The molecule has 2 aliphatic heterocycles. The number of guanidine groups is 1. The molecule has 0 aliphatic carbocycles. The van der Waals surface area contributed by atoms with Gasteiger partial charge in [-0.2, -0.15) is 4.31 Å². The summed E-state index contributed by atoms with van der Waals surface area (Å²) in [6.07, 6.45) is 4.09. The van der Waals surface area contributed by atoms with Crippen molar-refractivity contribution in [3.05, 3.63) is 29.8 Å². The minimum absolute atomic E-state index is 0.376. The molecule has 0 saturated carbocycles. The van der Waals surface area contributed by atoms with Crippen LogP contribution in [0.25, 0.3) is 0 Å². The number of piperidine rings is 1. The maximum Gasteiger partial charge on any atom is 0.243 e. The molecule has 8 heteroatoms. The molecule has 156 valence electrons. The molecule has 0 spiro atoms. The number of aliphatic imine (C=N–C) groups is 1. The summed E-state index contributed by atoms with van der Waals surface area (Å²) in [5.41, 5.74) is 1.02. The van der Waals surface area contributed by atoms with E-state index in [-0.39, 0.29) is 0 Å². The Balaban J connectivity index is 1.56. The van der Waals surface area contributed by atoms with Crippen LogP contribution in [-0.4, -0.2) is 70.5 Å². The van der Waals surface area contributed by atoms with Crippen LogP contribution in [-0.2, 0) is 21.3 Å². The van der Waals surface area contributed by atoms with Gasteiger partial charge in [0.25, 0.3) is 0 Å². The third kappa shape index (κ3) is 5.24. The van der Waals surface area contributed by atoms with Gasteiger partial charge in [-0.15, -0.1) is 0 Å². The third-order valence-corrected chi connectivity index (χ3v) is 7.37. The highest BCUT2D eigenvalue weighted by molar-refractivity contribution is 7.89. The lowest BCUT2D eigenvalue weighted by Crippen LogP contribution is -2.41. The van der Waals surface area contributed by atoms with Crippen LogP contribution >= 0.6 is 0 Å². The number of benzene rings is 1. The lowest BCUT2D eigenvalue weighted by molar-refractivity contribution is 0.181. The van der Waals surface area contributed by atoms with Crippen LogP contribution in [0.5, 0.6) is 0 Å². The summed E-state index contributed by atoms with van der Waals surface area (Å²) >= 11 is 0. The molecule has 1 N–H and O–H groups in total. The molecule has 1 unspecified atom stereocenters. The van der Waals surface area contributed by atoms with E-state index in [0.717, 1.165) is 57.0 Å². The summed E-state index contributed by atoms with van der Waals surface area (Å²) in [5, 5.41) is 3.36. The number of ether oxygens (including phenoxy) is 1. The fourth-order valence-corrected chi connectivity index (χ4v) is 5.32. The third-order valence-electron chi connectivity index (χ3n) is 5.46. The van der Waals surface area contributed by atoms with Crippen LogP contribution in [0.2, 0.25) is 0 Å². The highest BCUT2D eigenvalue weighted by atomic mass is 32.2. The van der Waals surface area contributed by atoms with E-state index >= 15 is 0 Å². The van der Waals surface area contributed by atoms with Gasteiger partial charge < -0.3 is 15.0 Å². The van der Waals surface area contributed by atoms with Crippen molar-refractivity contribution in [3.8, 4) is 0 Å². The van der Waals surface area contributed by atoms with Crippen LogP contribution in [0, 0.1) is 5.92 Å². The molecule has 0 amide bonds. The van der Waals surface area contributed by atoms with Gasteiger partial charge in [0, 0.05) is 52.8 Å². The monoisotopic (exact) mass is 408 g/mol. The molecule has 2 fully saturated rings. The van der Waals surface area contributed by atoms with Crippen LogP contribution in [0.4, 0.5) is 0 Å². The van der Waals surface area contributed by atoms with Gasteiger partial charge in [0.1, 0.15) is 0 Å². The first kappa shape index (κ1) is 21.1. The largest absolute Gasteiger partial charge is 0.381 e. The minimum Gasteiger partial charge on any atom is -0.381 e. The van der Waals surface area contributed by atoms with Crippen molar-refractivity contribution in [1.29, 1.82) is 0 Å². The number of nitrogens with one attached hydrogen (secondary N) is 1. The van der Waals surface area contributed by atoms with Gasteiger partial charge in [-0.1, -0.05) is 18.6 Å². The molecule has 2 heterocycles. The van der Waals surface area contributed by atoms with E-state index in [1.165, 1.54) is 0 Å². The number of hydrogen-bond acceptors (Lipinski definition) is 4. The maximum atomic E-state index is 12.7. The van der Waals surface area contributed by atoms with Crippen molar-refractivity contribution in [2.45, 2.75) is 37.1 Å². The Morgan fingerprint density at radius 3 is 2.57 bits per heavy atom. The Morgan fingerprint density at radius 1 is 1.25 bits per heavy atom. The molecule has 3 rings (SSSR count). The average molecular weight is 409 g/mol. The first-order valence-electron chi connectivity index (χ1n) is 10.1. The van der Waals surface area contributed by atoms with Gasteiger partial charge in [-0.25, -0.2) is 8.42 Å². The normalized spacial score (nSPS) is 21.6. The van der Waals surface area contributed by atoms with Crippen molar-refractivity contribution in [3.63, 3.8) is 0 Å². The Morgan fingerprint density at radius 2 is 1.96 bits per heavy atom. The molecule has 1 atom stereocenters. The van der Waals surface area contributed by atoms with E-state index < -0.39 is 10.0 Å². The van der Waals surface area contributed by atoms with Crippen LogP contribution in [0.15, 0.2) is 34.2 Å². The summed E-state index contributed by atoms with van der Waals surface area (Å²) in [4.78, 5) is 6.85. The number of sulfonamides is 1. The zero-order valence-electron chi connectivity index (χ0n) is 16.9. The van der Waals surface area contributed by atoms with Crippen LogP contribution in [0.1, 0.15) is 31.2 Å². The smallest absolute Gasteiger partial charge is 0.243 e. The van der Waals surface area contributed by atoms with Crippen molar-refractivity contribution < 1.29 is 13.2 Å². The molecular weight excluding hydrogens is 376 g/mol. The predicted molar refractivity (Wildman–Crippen MR) is 111 cm³/mol. The molecule has 2 saturated heterocycles. The lowest BCUT2D eigenvalue weighted by atomic mass is 10.1. The van der Waals surface area contributed by atoms with Gasteiger partial charge in [0.05, 0.1) is 11.5 Å². The molecule has 1 aromatic carbocycles. The van der Waals surface area contributed by atoms with Gasteiger partial charge in [-0.05, 0) is 37.0 Å². The van der Waals surface area contributed by atoms with E-state index in [2.05, 4.69) is 15.2 Å². The van der Waals surface area contributed by atoms with E-state index in [4.69, 9.17) is 4.74 Å². The Hall–Kier alpha value is -1.64. The molecule has 7 nitrogen and oxygen atoms in total. The van der Waals surface area contributed by atoms with E-state index in [0.29, 0.717) is 30.4 Å². The molecular formula is C20H32N4O3S. The van der Waals surface area contributed by atoms with Gasteiger partial charge in [0.15, 0.2) is 5.96 Å².